The van der Waals surface area contributed by atoms with Gasteiger partial charge in [-0.3, -0.25) is 4.79 Å². The number of carbonyl (C=O) groups is 1. The third-order valence-corrected chi connectivity index (χ3v) is 5.98. The van der Waals surface area contributed by atoms with Crippen molar-refractivity contribution in [3.8, 4) is 6.07 Å². The number of ketones is 1. The summed E-state index contributed by atoms with van der Waals surface area (Å²) in [6, 6.07) is 7.66. The molecule has 0 bridgehead atoms. The minimum atomic E-state index is -0.445. The lowest BCUT2D eigenvalue weighted by atomic mass is 9.77. The molecule has 0 saturated heterocycles. The zero-order chi connectivity index (χ0) is 17.3. The highest BCUT2D eigenvalue weighted by Crippen LogP contribution is 2.46. The van der Waals surface area contributed by atoms with Crippen molar-refractivity contribution in [2.75, 3.05) is 5.75 Å². The monoisotopic (exact) mass is 378 g/mol. The molecule has 1 aromatic carbocycles. The SMILES string of the molecule is CCSC1=C(C#N)C(c2cccc(Cl)c2Cl)C2=C(CCCC2=O)N1. The van der Waals surface area contributed by atoms with Gasteiger partial charge in [-0.15, -0.1) is 11.8 Å². The van der Waals surface area contributed by atoms with Crippen LogP contribution in [0.25, 0.3) is 0 Å². The van der Waals surface area contributed by atoms with Crippen LogP contribution in [0.4, 0.5) is 0 Å². The van der Waals surface area contributed by atoms with Crippen LogP contribution in [-0.4, -0.2) is 11.5 Å². The molecule has 1 unspecified atom stereocenters. The minimum Gasteiger partial charge on any atom is -0.352 e. The number of benzene rings is 1. The maximum atomic E-state index is 12.6. The van der Waals surface area contributed by atoms with Crippen LogP contribution < -0.4 is 5.32 Å². The Hall–Kier alpha value is -1.41. The van der Waals surface area contributed by atoms with E-state index in [0.717, 1.165) is 34.9 Å². The first-order valence-corrected chi connectivity index (χ1v) is 9.56. The number of nitrogens with zero attached hydrogens (tertiary/aromatic N) is 1. The van der Waals surface area contributed by atoms with Gasteiger partial charge in [0, 0.05) is 17.7 Å². The van der Waals surface area contributed by atoms with Crippen molar-refractivity contribution in [3.63, 3.8) is 0 Å². The van der Waals surface area contributed by atoms with E-state index >= 15 is 0 Å². The minimum absolute atomic E-state index is 0.0816. The molecule has 0 fully saturated rings. The molecule has 1 aliphatic carbocycles. The van der Waals surface area contributed by atoms with Gasteiger partial charge in [0.25, 0.3) is 0 Å². The second-order valence-electron chi connectivity index (χ2n) is 5.66. The highest BCUT2D eigenvalue weighted by molar-refractivity contribution is 8.03. The molecule has 1 N–H and O–H groups in total. The maximum absolute atomic E-state index is 12.6. The van der Waals surface area contributed by atoms with Crippen molar-refractivity contribution in [1.29, 1.82) is 5.26 Å². The first kappa shape index (κ1) is 17.4. The molecule has 2 aliphatic rings. The zero-order valence-electron chi connectivity index (χ0n) is 13.2. The Kier molecular flexibility index (Phi) is 5.24. The van der Waals surface area contributed by atoms with Crippen LogP contribution in [0.2, 0.25) is 10.0 Å². The summed E-state index contributed by atoms with van der Waals surface area (Å²) in [6.07, 6.45) is 2.14. The van der Waals surface area contributed by atoms with E-state index in [1.165, 1.54) is 0 Å². The average molecular weight is 379 g/mol. The summed E-state index contributed by atoms with van der Waals surface area (Å²) in [4.78, 5) is 12.6. The predicted octanol–water partition coefficient (Wildman–Crippen LogP) is 5.18. The Morgan fingerprint density at radius 1 is 1.38 bits per heavy atom. The molecule has 3 rings (SSSR count). The summed E-state index contributed by atoms with van der Waals surface area (Å²) in [7, 11) is 0. The second-order valence-corrected chi connectivity index (χ2v) is 7.72. The summed E-state index contributed by atoms with van der Waals surface area (Å²) < 4.78 is 0. The van der Waals surface area contributed by atoms with Gasteiger partial charge >= 0.3 is 0 Å². The lowest BCUT2D eigenvalue weighted by Crippen LogP contribution is -2.31. The van der Waals surface area contributed by atoms with E-state index in [-0.39, 0.29) is 5.78 Å². The zero-order valence-corrected chi connectivity index (χ0v) is 15.5. The van der Waals surface area contributed by atoms with Crippen LogP contribution in [-0.2, 0) is 4.79 Å². The first-order valence-electron chi connectivity index (χ1n) is 7.82. The number of hydrogen-bond acceptors (Lipinski definition) is 4. The first-order chi connectivity index (χ1) is 11.6. The van der Waals surface area contributed by atoms with E-state index in [4.69, 9.17) is 23.2 Å². The molecule has 1 aromatic rings. The van der Waals surface area contributed by atoms with Crippen LogP contribution in [0.5, 0.6) is 0 Å². The Morgan fingerprint density at radius 3 is 2.88 bits per heavy atom. The molecular formula is C18H16Cl2N2OS. The van der Waals surface area contributed by atoms with E-state index < -0.39 is 5.92 Å². The number of rotatable bonds is 3. The maximum Gasteiger partial charge on any atom is 0.161 e. The standard InChI is InChI=1S/C18H16Cl2N2OS/c1-2-24-18-11(9-21)15(10-5-3-6-12(19)17(10)20)16-13(22-18)7-4-8-14(16)23/h3,5-6,15,22H,2,4,7-8H2,1H3. The third-order valence-electron chi connectivity index (χ3n) is 4.24. The number of allylic oxidation sites excluding steroid dienone is 3. The van der Waals surface area contributed by atoms with Crippen LogP contribution in [0.1, 0.15) is 37.7 Å². The van der Waals surface area contributed by atoms with Gasteiger partial charge in [-0.25, -0.2) is 0 Å². The molecule has 1 atom stereocenters. The Morgan fingerprint density at radius 2 is 2.17 bits per heavy atom. The molecular weight excluding hydrogens is 363 g/mol. The van der Waals surface area contributed by atoms with Crippen molar-refractivity contribution in [2.45, 2.75) is 32.1 Å². The number of thioether (sulfide) groups is 1. The molecule has 3 nitrogen and oxygen atoms in total. The van der Waals surface area contributed by atoms with Gasteiger partial charge in [-0.1, -0.05) is 42.3 Å². The van der Waals surface area contributed by atoms with Crippen molar-refractivity contribution >= 4 is 40.7 Å². The van der Waals surface area contributed by atoms with Gasteiger partial charge in [-0.05, 0) is 30.2 Å². The van der Waals surface area contributed by atoms with E-state index in [1.54, 1.807) is 23.9 Å². The van der Waals surface area contributed by atoms with Gasteiger partial charge in [-0.2, -0.15) is 5.26 Å². The lowest BCUT2D eigenvalue weighted by Gasteiger charge is -2.33. The number of hydrogen-bond donors (Lipinski definition) is 1. The molecule has 6 heteroatoms. The van der Waals surface area contributed by atoms with Crippen molar-refractivity contribution < 1.29 is 4.79 Å². The van der Waals surface area contributed by atoms with E-state index in [1.807, 2.05) is 13.0 Å². The van der Waals surface area contributed by atoms with E-state index in [2.05, 4.69) is 11.4 Å². The van der Waals surface area contributed by atoms with Crippen molar-refractivity contribution in [1.82, 2.24) is 5.32 Å². The average Bonchev–Trinajstić information content (AvgIpc) is 2.57. The Labute approximate surface area is 155 Å². The highest BCUT2D eigenvalue weighted by atomic mass is 35.5. The fourth-order valence-corrected chi connectivity index (χ4v) is 4.46. The molecule has 0 aromatic heterocycles. The molecule has 0 amide bonds. The third kappa shape index (κ3) is 2.97. The second kappa shape index (κ2) is 7.23. The number of nitriles is 1. The normalized spacial score (nSPS) is 20.6. The number of nitrogens with one attached hydrogen (secondary N) is 1. The fraction of sp³-hybridized carbons (Fsp3) is 0.333. The number of dihydropyridines is 1. The largest absolute Gasteiger partial charge is 0.352 e. The van der Waals surface area contributed by atoms with Gasteiger partial charge in [0.1, 0.15) is 0 Å². The molecule has 0 saturated carbocycles. The molecule has 1 aliphatic heterocycles. The molecule has 1 heterocycles. The molecule has 0 spiro atoms. The topological polar surface area (TPSA) is 52.9 Å². The summed E-state index contributed by atoms with van der Waals surface area (Å²) in [5.74, 6) is 0.470. The van der Waals surface area contributed by atoms with Crippen LogP contribution in [0.3, 0.4) is 0 Å². The van der Waals surface area contributed by atoms with E-state index in [0.29, 0.717) is 27.6 Å². The summed E-state index contributed by atoms with van der Waals surface area (Å²) >= 11 is 14.2. The summed E-state index contributed by atoms with van der Waals surface area (Å²) in [5.41, 5.74) is 2.85. The van der Waals surface area contributed by atoms with Crippen LogP contribution in [0, 0.1) is 11.3 Å². The Balaban J connectivity index is 2.24. The highest BCUT2D eigenvalue weighted by Gasteiger charge is 2.37. The van der Waals surface area contributed by atoms with Crippen molar-refractivity contribution in [3.05, 3.63) is 55.7 Å². The molecule has 124 valence electrons. The summed E-state index contributed by atoms with van der Waals surface area (Å²) in [6.45, 7) is 2.03. The number of halogens is 2. The van der Waals surface area contributed by atoms with E-state index in [9.17, 15) is 10.1 Å². The predicted molar refractivity (Wildman–Crippen MR) is 99.0 cm³/mol. The van der Waals surface area contributed by atoms with Crippen LogP contribution in [0.15, 0.2) is 40.1 Å². The smallest absolute Gasteiger partial charge is 0.161 e. The summed E-state index contributed by atoms with van der Waals surface area (Å²) in [5, 5.41) is 14.8. The van der Waals surface area contributed by atoms with Gasteiger partial charge < -0.3 is 5.32 Å². The Bertz CT molecular complexity index is 808. The number of carbonyl (C=O) groups excluding carboxylic acids is 1. The number of Topliss-reactive ketones (excluding diaryl/α,β-unsaturated/α-hetero) is 1. The lowest BCUT2D eigenvalue weighted by molar-refractivity contribution is -0.116. The van der Waals surface area contributed by atoms with Crippen LogP contribution >= 0.6 is 35.0 Å². The van der Waals surface area contributed by atoms with Gasteiger partial charge in [0.2, 0.25) is 0 Å². The molecule has 0 radical (unpaired) electrons. The molecule has 24 heavy (non-hydrogen) atoms. The van der Waals surface area contributed by atoms with Gasteiger partial charge in [0.05, 0.1) is 32.6 Å². The fourth-order valence-electron chi connectivity index (χ4n) is 3.24. The van der Waals surface area contributed by atoms with Crippen molar-refractivity contribution in [2.24, 2.45) is 0 Å². The quantitative estimate of drug-likeness (QED) is 0.787. The van der Waals surface area contributed by atoms with Gasteiger partial charge in [0.15, 0.2) is 5.78 Å².